The van der Waals surface area contributed by atoms with Gasteiger partial charge in [0.1, 0.15) is 18.2 Å². The van der Waals surface area contributed by atoms with Gasteiger partial charge < -0.3 is 24.1 Å². The second-order valence-electron chi connectivity index (χ2n) is 8.02. The molecule has 0 unspecified atom stereocenters. The molecule has 3 rings (SSSR count). The van der Waals surface area contributed by atoms with Crippen LogP contribution in [-0.2, 0) is 25.6 Å². The van der Waals surface area contributed by atoms with Crippen LogP contribution in [0.5, 0.6) is 5.75 Å². The number of ether oxygens (including phenoxy) is 4. The number of aromatic nitrogens is 2. The Morgan fingerprint density at radius 2 is 1.97 bits per heavy atom. The number of hydrogen-bond donors (Lipinski definition) is 2. The Bertz CT molecular complexity index is 1010. The molecule has 11 heteroatoms. The predicted octanol–water partition coefficient (Wildman–Crippen LogP) is 1.81. The summed E-state index contributed by atoms with van der Waals surface area (Å²) >= 11 is 0. The first kappa shape index (κ1) is 23.4. The van der Waals surface area contributed by atoms with Crippen LogP contribution in [0.1, 0.15) is 32.6 Å². The molecular weight excluding hydrogens is 422 g/mol. The number of nitrogens with one attached hydrogen (secondary N) is 1. The van der Waals surface area contributed by atoms with Gasteiger partial charge in [-0.2, -0.15) is 4.98 Å². The van der Waals surface area contributed by atoms with Crippen molar-refractivity contribution in [2.24, 2.45) is 5.41 Å². The molecule has 1 amide bonds. The van der Waals surface area contributed by atoms with E-state index < -0.39 is 29.7 Å². The molecule has 0 spiro atoms. The molecule has 0 saturated carbocycles. The van der Waals surface area contributed by atoms with Crippen LogP contribution in [0.3, 0.4) is 0 Å². The highest BCUT2D eigenvalue weighted by Crippen LogP contribution is 2.21. The number of anilines is 1. The normalized spacial score (nSPS) is 18.2. The van der Waals surface area contributed by atoms with Gasteiger partial charge in [0.05, 0.1) is 18.6 Å². The number of benzene rings is 1. The lowest BCUT2D eigenvalue weighted by Gasteiger charge is -2.16. The number of aliphatic hydroxyl groups is 1. The summed E-state index contributed by atoms with van der Waals surface area (Å²) in [6.07, 6.45) is -0.896. The van der Waals surface area contributed by atoms with Crippen molar-refractivity contribution in [2.75, 3.05) is 18.5 Å². The fraction of sp³-hybridized carbons (Fsp3) is 0.429. The zero-order chi connectivity index (χ0) is 23.3. The Morgan fingerprint density at radius 3 is 2.56 bits per heavy atom. The van der Waals surface area contributed by atoms with Gasteiger partial charge in [0, 0.05) is 6.20 Å². The van der Waals surface area contributed by atoms with E-state index >= 15 is 0 Å². The predicted molar refractivity (Wildman–Crippen MR) is 111 cm³/mol. The molecule has 1 aliphatic rings. The topological polar surface area (TPSA) is 138 Å². The van der Waals surface area contributed by atoms with Crippen LogP contribution in [0.15, 0.2) is 41.3 Å². The molecule has 1 aromatic heterocycles. The fourth-order valence-electron chi connectivity index (χ4n) is 2.59. The van der Waals surface area contributed by atoms with Crippen molar-refractivity contribution in [2.45, 2.75) is 39.9 Å². The molecule has 1 fully saturated rings. The minimum atomic E-state index is -0.793. The first-order valence-corrected chi connectivity index (χ1v) is 9.88. The zero-order valence-electron chi connectivity index (χ0n) is 17.9. The van der Waals surface area contributed by atoms with Crippen molar-refractivity contribution >= 4 is 17.9 Å². The third kappa shape index (κ3) is 6.13. The van der Waals surface area contributed by atoms with Gasteiger partial charge in [-0.1, -0.05) is 12.1 Å². The van der Waals surface area contributed by atoms with E-state index in [1.165, 1.54) is 16.8 Å². The van der Waals surface area contributed by atoms with E-state index in [9.17, 15) is 14.4 Å². The Balaban J connectivity index is 1.50. The van der Waals surface area contributed by atoms with E-state index in [1.54, 1.807) is 45.0 Å². The van der Waals surface area contributed by atoms with E-state index in [1.807, 2.05) is 0 Å². The highest BCUT2D eigenvalue weighted by molar-refractivity contribution is 5.83. The van der Waals surface area contributed by atoms with Crippen molar-refractivity contribution in [1.82, 2.24) is 9.55 Å². The van der Waals surface area contributed by atoms with E-state index in [0.29, 0.717) is 11.3 Å². The number of carbonyl (C=O) groups excluding carboxylic acids is 2. The van der Waals surface area contributed by atoms with E-state index in [4.69, 9.17) is 24.1 Å². The number of amides is 1. The average molecular weight is 447 g/mol. The summed E-state index contributed by atoms with van der Waals surface area (Å²) < 4.78 is 22.1. The standard InChI is InChI=1S/C21H25N3O8/c1-21(2,3)18(26)31-14-6-4-13(5-7-14)11-30-20(28)23-15-8-9-24(19(27)22-15)16-12-29-17(10-25)32-16/h4-9,16-17,25H,10-12H2,1-3H3,(H,22,23,27,28)/t16-,17-/m0/s1. The summed E-state index contributed by atoms with van der Waals surface area (Å²) in [5.41, 5.74) is -0.597. The lowest BCUT2D eigenvalue weighted by molar-refractivity contribution is -0.143. The van der Waals surface area contributed by atoms with Gasteiger partial charge in [-0.05, 0) is 44.5 Å². The summed E-state index contributed by atoms with van der Waals surface area (Å²) in [6, 6.07) is 7.97. The average Bonchev–Trinajstić information content (AvgIpc) is 3.21. The fourth-order valence-corrected chi connectivity index (χ4v) is 2.59. The van der Waals surface area contributed by atoms with E-state index in [2.05, 4.69) is 10.3 Å². The molecule has 2 aromatic rings. The second kappa shape index (κ2) is 9.90. The van der Waals surface area contributed by atoms with Crippen molar-refractivity contribution in [3.63, 3.8) is 0 Å². The van der Waals surface area contributed by atoms with Crippen LogP contribution in [0.4, 0.5) is 10.6 Å². The Labute approximate surface area is 183 Å². The van der Waals surface area contributed by atoms with Gasteiger partial charge in [0.25, 0.3) is 0 Å². The largest absolute Gasteiger partial charge is 0.444 e. The van der Waals surface area contributed by atoms with Gasteiger partial charge in [0.15, 0.2) is 12.5 Å². The lowest BCUT2D eigenvalue weighted by Crippen LogP contribution is -2.29. The maximum Gasteiger partial charge on any atom is 0.413 e. The number of carbonyl (C=O) groups is 2. The second-order valence-corrected chi connectivity index (χ2v) is 8.02. The molecule has 32 heavy (non-hydrogen) atoms. The SMILES string of the molecule is CC(C)(C)C(=O)Oc1ccc(COC(=O)Nc2ccn([C@@H]3CO[C@H](CO)O3)c(=O)n2)cc1. The van der Waals surface area contributed by atoms with Crippen LogP contribution >= 0.6 is 0 Å². The highest BCUT2D eigenvalue weighted by atomic mass is 16.7. The van der Waals surface area contributed by atoms with Gasteiger partial charge >= 0.3 is 17.8 Å². The Morgan fingerprint density at radius 1 is 1.25 bits per heavy atom. The maximum atomic E-state index is 12.2. The Kier molecular flexibility index (Phi) is 7.23. The van der Waals surface area contributed by atoms with Crippen LogP contribution < -0.4 is 15.7 Å². The first-order chi connectivity index (χ1) is 15.2. The van der Waals surface area contributed by atoms with Crippen molar-refractivity contribution in [3.8, 4) is 5.75 Å². The first-order valence-electron chi connectivity index (χ1n) is 9.88. The smallest absolute Gasteiger partial charge is 0.413 e. The Hall–Kier alpha value is -3.28. The minimum Gasteiger partial charge on any atom is -0.444 e. The molecule has 11 nitrogen and oxygen atoms in total. The van der Waals surface area contributed by atoms with Crippen molar-refractivity contribution in [3.05, 3.63) is 52.6 Å². The summed E-state index contributed by atoms with van der Waals surface area (Å²) in [6.45, 7) is 5.01. The molecule has 1 aliphatic heterocycles. The van der Waals surface area contributed by atoms with Crippen LogP contribution in [0.25, 0.3) is 0 Å². The van der Waals surface area contributed by atoms with Crippen LogP contribution in [0, 0.1) is 5.41 Å². The zero-order valence-corrected chi connectivity index (χ0v) is 17.9. The number of nitrogens with zero attached hydrogens (tertiary/aromatic N) is 2. The van der Waals surface area contributed by atoms with E-state index in [-0.39, 0.29) is 31.6 Å². The van der Waals surface area contributed by atoms with Crippen LogP contribution in [-0.4, -0.2) is 46.2 Å². The van der Waals surface area contributed by atoms with Gasteiger partial charge in [-0.25, -0.2) is 9.59 Å². The molecule has 172 valence electrons. The third-order valence-corrected chi connectivity index (χ3v) is 4.37. The quantitative estimate of drug-likeness (QED) is 0.501. The monoisotopic (exact) mass is 447 g/mol. The number of aliphatic hydroxyl groups excluding tert-OH is 1. The number of esters is 1. The molecular formula is C21H25N3O8. The number of hydrogen-bond acceptors (Lipinski definition) is 9. The molecule has 2 atom stereocenters. The molecule has 0 radical (unpaired) electrons. The summed E-state index contributed by atoms with van der Waals surface area (Å²) in [5.74, 6) is 0.0543. The summed E-state index contributed by atoms with van der Waals surface area (Å²) in [4.78, 5) is 39.9. The molecule has 1 aromatic carbocycles. The van der Waals surface area contributed by atoms with Gasteiger partial charge in [0.2, 0.25) is 0 Å². The minimum absolute atomic E-state index is 0.0123. The van der Waals surface area contributed by atoms with Gasteiger partial charge in [-0.3, -0.25) is 14.7 Å². The molecule has 2 heterocycles. The maximum absolute atomic E-state index is 12.2. The van der Waals surface area contributed by atoms with Crippen molar-refractivity contribution < 1.29 is 33.6 Å². The molecule has 0 bridgehead atoms. The lowest BCUT2D eigenvalue weighted by atomic mass is 9.97. The van der Waals surface area contributed by atoms with Crippen LogP contribution in [0.2, 0.25) is 0 Å². The number of rotatable bonds is 6. The molecule has 1 saturated heterocycles. The summed E-state index contributed by atoms with van der Waals surface area (Å²) in [7, 11) is 0. The summed E-state index contributed by atoms with van der Waals surface area (Å²) in [5, 5.41) is 11.4. The third-order valence-electron chi connectivity index (χ3n) is 4.37. The van der Waals surface area contributed by atoms with E-state index in [0.717, 1.165) is 0 Å². The van der Waals surface area contributed by atoms with Gasteiger partial charge in [-0.15, -0.1) is 0 Å². The molecule has 0 aliphatic carbocycles. The molecule has 2 N–H and O–H groups in total. The van der Waals surface area contributed by atoms with Crippen molar-refractivity contribution in [1.29, 1.82) is 0 Å². The highest BCUT2D eigenvalue weighted by Gasteiger charge is 2.27.